The summed E-state index contributed by atoms with van der Waals surface area (Å²) in [6, 6.07) is 10.6. The van der Waals surface area contributed by atoms with Crippen LogP contribution in [0.1, 0.15) is 36.6 Å². The minimum absolute atomic E-state index is 0.533. The van der Waals surface area contributed by atoms with Gasteiger partial charge in [0, 0.05) is 12.5 Å². The molecule has 0 unspecified atom stereocenters. The fraction of sp³-hybridized carbons (Fsp3) is 0.385. The molecule has 0 spiro atoms. The maximum Gasteiger partial charge on any atom is 0.195 e. The van der Waals surface area contributed by atoms with Crippen molar-refractivity contribution in [3.63, 3.8) is 0 Å². The molecule has 0 amide bonds. The van der Waals surface area contributed by atoms with Crippen molar-refractivity contribution >= 4 is 12.2 Å². The van der Waals surface area contributed by atoms with E-state index in [1.807, 2.05) is 0 Å². The molecule has 1 aromatic heterocycles. The third-order valence-electron chi connectivity index (χ3n) is 3.45. The summed E-state index contributed by atoms with van der Waals surface area (Å²) in [6.07, 6.45) is 1.18. The van der Waals surface area contributed by atoms with Crippen LogP contribution in [-0.2, 0) is 6.54 Å². The summed E-state index contributed by atoms with van der Waals surface area (Å²) < 4.78 is 2.84. The minimum Gasteiger partial charge on any atom is -0.304 e. The van der Waals surface area contributed by atoms with E-state index in [9.17, 15) is 0 Å². The van der Waals surface area contributed by atoms with Crippen LogP contribution in [0.15, 0.2) is 30.3 Å². The largest absolute Gasteiger partial charge is 0.304 e. The van der Waals surface area contributed by atoms with Crippen LogP contribution < -0.4 is 0 Å². The molecular formula is C13H15N3S. The predicted molar refractivity (Wildman–Crippen MR) is 69.6 cm³/mol. The number of rotatable bonds is 3. The van der Waals surface area contributed by atoms with Crippen molar-refractivity contribution in [1.82, 2.24) is 14.8 Å². The van der Waals surface area contributed by atoms with Crippen molar-refractivity contribution in [2.75, 3.05) is 0 Å². The van der Waals surface area contributed by atoms with Crippen molar-refractivity contribution in [3.8, 4) is 0 Å². The van der Waals surface area contributed by atoms with Crippen molar-refractivity contribution in [1.29, 1.82) is 0 Å². The standard InChI is InChI=1S/C13H15N3S/c1-2-16-12(14-15-13(16)17)11-8-10(11)9-6-4-3-5-7-9/h3-7,10-11H,2,8H2,1H3,(H,15,17)/t10-,11-/m1/s1. The molecule has 1 aromatic carbocycles. The third-order valence-corrected chi connectivity index (χ3v) is 3.77. The molecule has 1 aliphatic rings. The molecule has 2 atom stereocenters. The smallest absolute Gasteiger partial charge is 0.195 e. The van der Waals surface area contributed by atoms with E-state index in [1.165, 1.54) is 12.0 Å². The number of hydrogen-bond donors (Lipinski definition) is 1. The molecule has 3 nitrogen and oxygen atoms in total. The summed E-state index contributed by atoms with van der Waals surface area (Å²) in [5, 5.41) is 7.27. The van der Waals surface area contributed by atoms with Crippen LogP contribution in [0.5, 0.6) is 0 Å². The van der Waals surface area contributed by atoms with Crippen LogP contribution in [-0.4, -0.2) is 14.8 Å². The van der Waals surface area contributed by atoms with Gasteiger partial charge < -0.3 is 4.57 Å². The highest BCUT2D eigenvalue weighted by atomic mass is 32.1. The van der Waals surface area contributed by atoms with Crippen molar-refractivity contribution < 1.29 is 0 Å². The first kappa shape index (κ1) is 10.7. The SMILES string of the molecule is CCn1c([C@@H]2C[C@@H]2c2ccccc2)n[nH]c1=S. The topological polar surface area (TPSA) is 33.6 Å². The number of aromatic nitrogens is 3. The molecule has 0 radical (unpaired) electrons. The van der Waals surface area contributed by atoms with Gasteiger partial charge in [0.1, 0.15) is 5.82 Å². The Labute approximate surface area is 105 Å². The Kier molecular flexibility index (Phi) is 2.59. The van der Waals surface area contributed by atoms with E-state index in [4.69, 9.17) is 12.2 Å². The second kappa shape index (κ2) is 4.11. The van der Waals surface area contributed by atoms with Gasteiger partial charge in [-0.2, -0.15) is 5.10 Å². The van der Waals surface area contributed by atoms with Gasteiger partial charge >= 0.3 is 0 Å². The first-order valence-electron chi connectivity index (χ1n) is 6.01. The van der Waals surface area contributed by atoms with Crippen LogP contribution in [0.2, 0.25) is 0 Å². The van der Waals surface area contributed by atoms with E-state index >= 15 is 0 Å². The average molecular weight is 245 g/mol. The lowest BCUT2D eigenvalue weighted by atomic mass is 10.1. The summed E-state index contributed by atoms with van der Waals surface area (Å²) in [4.78, 5) is 0. The van der Waals surface area contributed by atoms with Gasteiger partial charge in [-0.25, -0.2) is 0 Å². The lowest BCUT2D eigenvalue weighted by Crippen LogP contribution is -2.01. The Morgan fingerprint density at radius 3 is 2.82 bits per heavy atom. The Hall–Kier alpha value is -1.42. The van der Waals surface area contributed by atoms with Gasteiger partial charge in [0.25, 0.3) is 0 Å². The second-order valence-electron chi connectivity index (χ2n) is 4.49. The van der Waals surface area contributed by atoms with Crippen LogP contribution in [0.4, 0.5) is 0 Å². The number of hydrogen-bond acceptors (Lipinski definition) is 2. The zero-order chi connectivity index (χ0) is 11.8. The van der Waals surface area contributed by atoms with Gasteiger partial charge in [0.2, 0.25) is 0 Å². The fourth-order valence-electron chi connectivity index (χ4n) is 2.47. The van der Waals surface area contributed by atoms with Crippen molar-refractivity contribution in [2.45, 2.75) is 31.7 Å². The Morgan fingerprint density at radius 2 is 2.12 bits per heavy atom. The number of aromatic amines is 1. The van der Waals surface area contributed by atoms with Crippen LogP contribution in [0.25, 0.3) is 0 Å². The first-order chi connectivity index (χ1) is 8.31. The average Bonchev–Trinajstić information content (AvgIpc) is 3.08. The molecule has 88 valence electrons. The molecule has 1 N–H and O–H groups in total. The van der Waals surface area contributed by atoms with Gasteiger partial charge in [0.15, 0.2) is 4.77 Å². The predicted octanol–water partition coefficient (Wildman–Crippen LogP) is 3.23. The zero-order valence-electron chi connectivity index (χ0n) is 9.76. The van der Waals surface area contributed by atoms with Gasteiger partial charge in [0.05, 0.1) is 0 Å². The molecule has 1 saturated carbocycles. The maximum atomic E-state index is 5.22. The van der Waals surface area contributed by atoms with Crippen molar-refractivity contribution in [3.05, 3.63) is 46.5 Å². The summed E-state index contributed by atoms with van der Waals surface area (Å²) >= 11 is 5.22. The molecule has 0 aliphatic heterocycles. The van der Waals surface area contributed by atoms with Crippen LogP contribution in [0.3, 0.4) is 0 Å². The lowest BCUT2D eigenvalue weighted by Gasteiger charge is -2.02. The molecule has 1 heterocycles. The fourth-order valence-corrected chi connectivity index (χ4v) is 2.74. The summed E-state index contributed by atoms with van der Waals surface area (Å²) in [5.41, 5.74) is 1.41. The molecule has 17 heavy (non-hydrogen) atoms. The van der Waals surface area contributed by atoms with Crippen molar-refractivity contribution in [2.24, 2.45) is 0 Å². The quantitative estimate of drug-likeness (QED) is 0.842. The van der Waals surface area contributed by atoms with Gasteiger partial charge in [-0.05, 0) is 37.0 Å². The van der Waals surface area contributed by atoms with E-state index in [1.54, 1.807) is 0 Å². The molecule has 1 aliphatic carbocycles. The maximum absolute atomic E-state index is 5.22. The highest BCUT2D eigenvalue weighted by Gasteiger charge is 2.42. The number of benzene rings is 1. The molecule has 3 rings (SSSR count). The van der Waals surface area contributed by atoms with E-state index in [-0.39, 0.29) is 0 Å². The highest BCUT2D eigenvalue weighted by Crippen LogP contribution is 2.53. The molecule has 1 fully saturated rings. The normalized spacial score (nSPS) is 22.6. The third kappa shape index (κ3) is 1.82. The van der Waals surface area contributed by atoms with Crippen LogP contribution in [0, 0.1) is 4.77 Å². The summed E-state index contributed by atoms with van der Waals surface area (Å²) in [6.45, 7) is 3.00. The minimum atomic E-state index is 0.533. The number of nitrogens with one attached hydrogen (secondary N) is 1. The molecule has 2 aromatic rings. The molecule has 0 bridgehead atoms. The lowest BCUT2D eigenvalue weighted by molar-refractivity contribution is 0.687. The van der Waals surface area contributed by atoms with Gasteiger partial charge in [-0.1, -0.05) is 30.3 Å². The summed E-state index contributed by atoms with van der Waals surface area (Å²) in [7, 11) is 0. The van der Waals surface area contributed by atoms with E-state index in [0.717, 1.165) is 17.1 Å². The van der Waals surface area contributed by atoms with E-state index in [2.05, 4.69) is 52.0 Å². The number of nitrogens with zero attached hydrogens (tertiary/aromatic N) is 2. The van der Waals surface area contributed by atoms with Crippen LogP contribution >= 0.6 is 12.2 Å². The molecule has 4 heteroatoms. The highest BCUT2D eigenvalue weighted by molar-refractivity contribution is 7.71. The van der Waals surface area contributed by atoms with E-state index in [0.29, 0.717) is 11.8 Å². The Morgan fingerprint density at radius 1 is 1.35 bits per heavy atom. The van der Waals surface area contributed by atoms with Gasteiger partial charge in [-0.15, -0.1) is 0 Å². The second-order valence-corrected chi connectivity index (χ2v) is 4.88. The monoisotopic (exact) mass is 245 g/mol. The van der Waals surface area contributed by atoms with Gasteiger partial charge in [-0.3, -0.25) is 5.10 Å². The Bertz CT molecular complexity index is 570. The summed E-state index contributed by atoms with van der Waals surface area (Å²) in [5.74, 6) is 2.27. The van der Waals surface area contributed by atoms with E-state index < -0.39 is 0 Å². The molecule has 0 saturated heterocycles. The Balaban J connectivity index is 1.87. The molecular weight excluding hydrogens is 230 g/mol. The number of H-pyrrole nitrogens is 1. The zero-order valence-corrected chi connectivity index (χ0v) is 10.6. The first-order valence-corrected chi connectivity index (χ1v) is 6.42.